The Morgan fingerprint density at radius 1 is 1.31 bits per heavy atom. The molecule has 6 heteroatoms. The van der Waals surface area contributed by atoms with Crippen LogP contribution in [0, 0.1) is 0 Å². The number of amides is 1. The number of nitrogens with zero attached hydrogens (tertiary/aromatic N) is 1. The lowest BCUT2D eigenvalue weighted by atomic mass is 9.61. The van der Waals surface area contributed by atoms with Gasteiger partial charge in [0.1, 0.15) is 11.4 Å². The summed E-state index contributed by atoms with van der Waals surface area (Å²) >= 11 is 0. The topological polar surface area (TPSA) is 73.8 Å². The molecular weight excluding hydrogens is 366 g/mol. The number of fused-ring (bicyclic) bond motifs is 4. The number of hydrogen-bond acceptors (Lipinski definition) is 5. The second-order valence-electron chi connectivity index (χ2n) is 9.83. The standard InChI is InChI=1S/C23H37N3O3/c1-22(2,3)29-21(28)25-12-7-6-11-24-20-19-14-16-8-9-17(27)15-18(16)23(20,4)10-13-26(19)5/h8-9,15,19-20,24,27H,6-7,10-14H2,1-5H3,(H,25,28)/t19-,20-,23?/m1/s1. The minimum absolute atomic E-state index is 0.0261. The minimum atomic E-state index is -0.462. The number of carbonyl (C=O) groups excluding carboxylic acids is 1. The number of piperidine rings is 1. The molecule has 0 spiro atoms. The third kappa shape index (κ3) is 5.04. The smallest absolute Gasteiger partial charge is 0.407 e. The van der Waals surface area contributed by atoms with Gasteiger partial charge in [-0.3, -0.25) is 0 Å². The summed E-state index contributed by atoms with van der Waals surface area (Å²) < 4.78 is 5.27. The van der Waals surface area contributed by atoms with E-state index in [0.29, 0.717) is 24.4 Å². The summed E-state index contributed by atoms with van der Waals surface area (Å²) in [6.07, 6.45) is 3.64. The van der Waals surface area contributed by atoms with Crippen molar-refractivity contribution >= 4 is 6.09 Å². The predicted octanol–water partition coefficient (Wildman–Crippen LogP) is 3.17. The van der Waals surface area contributed by atoms with Crippen LogP contribution in [0.25, 0.3) is 0 Å². The number of carbonyl (C=O) groups is 1. The van der Waals surface area contributed by atoms with E-state index in [2.05, 4.69) is 35.6 Å². The molecular formula is C23H37N3O3. The number of nitrogens with one attached hydrogen (secondary N) is 2. The lowest BCUT2D eigenvalue weighted by Gasteiger charge is -2.55. The van der Waals surface area contributed by atoms with Crippen LogP contribution >= 0.6 is 0 Å². The number of aromatic hydroxyl groups is 1. The molecule has 0 radical (unpaired) electrons. The van der Waals surface area contributed by atoms with E-state index in [1.54, 1.807) is 0 Å². The Hall–Kier alpha value is -1.79. The normalized spacial score (nSPS) is 26.7. The van der Waals surface area contributed by atoms with Crippen LogP contribution in [0.15, 0.2) is 18.2 Å². The highest BCUT2D eigenvalue weighted by Crippen LogP contribution is 2.45. The van der Waals surface area contributed by atoms with Gasteiger partial charge in [0, 0.05) is 24.0 Å². The Morgan fingerprint density at radius 3 is 2.76 bits per heavy atom. The number of rotatable bonds is 6. The molecule has 1 unspecified atom stereocenters. The monoisotopic (exact) mass is 403 g/mol. The zero-order valence-electron chi connectivity index (χ0n) is 18.5. The fourth-order valence-corrected chi connectivity index (χ4v) is 4.86. The SMILES string of the molecule is CN1CCC2(C)c3cc(O)ccc3C[C@@H]1[C@H]2NCCCCNC(=O)OC(C)(C)C. The highest BCUT2D eigenvalue weighted by atomic mass is 16.6. The maximum atomic E-state index is 11.7. The zero-order chi connectivity index (χ0) is 21.2. The van der Waals surface area contributed by atoms with Gasteiger partial charge in [-0.2, -0.15) is 0 Å². The van der Waals surface area contributed by atoms with E-state index in [1.807, 2.05) is 32.9 Å². The van der Waals surface area contributed by atoms with E-state index in [1.165, 1.54) is 11.1 Å². The third-order valence-electron chi connectivity index (χ3n) is 6.40. The number of alkyl carbamates (subject to hydrolysis) is 1. The van der Waals surface area contributed by atoms with Crippen LogP contribution in [0.4, 0.5) is 4.79 Å². The summed E-state index contributed by atoms with van der Waals surface area (Å²) in [6, 6.07) is 6.69. The van der Waals surface area contributed by atoms with Crippen molar-refractivity contribution in [3.63, 3.8) is 0 Å². The minimum Gasteiger partial charge on any atom is -0.508 e. The maximum Gasteiger partial charge on any atom is 0.407 e. The molecule has 3 rings (SSSR count). The van der Waals surface area contributed by atoms with Gasteiger partial charge in [-0.1, -0.05) is 13.0 Å². The largest absolute Gasteiger partial charge is 0.508 e. The fourth-order valence-electron chi connectivity index (χ4n) is 4.86. The molecule has 1 aromatic rings. The lowest BCUT2D eigenvalue weighted by molar-refractivity contribution is 0.0526. The maximum absolute atomic E-state index is 11.7. The van der Waals surface area contributed by atoms with Crippen LogP contribution in [-0.2, 0) is 16.6 Å². The number of phenols is 1. The van der Waals surface area contributed by atoms with Crippen molar-refractivity contribution in [3.8, 4) is 5.75 Å². The lowest BCUT2D eigenvalue weighted by Crippen LogP contribution is -2.66. The van der Waals surface area contributed by atoms with E-state index in [9.17, 15) is 9.90 Å². The number of phenolic OH excluding ortho intramolecular Hbond substituents is 1. The van der Waals surface area contributed by atoms with Crippen molar-refractivity contribution in [2.75, 3.05) is 26.7 Å². The van der Waals surface area contributed by atoms with Crippen LogP contribution in [0.3, 0.4) is 0 Å². The summed E-state index contributed by atoms with van der Waals surface area (Å²) in [5.74, 6) is 0.356. The number of likely N-dealkylation sites (N-methyl/N-ethyl adjacent to an activating group) is 1. The quantitative estimate of drug-likeness (QED) is 0.636. The van der Waals surface area contributed by atoms with Crippen molar-refractivity contribution in [3.05, 3.63) is 29.3 Å². The highest BCUT2D eigenvalue weighted by molar-refractivity contribution is 5.67. The first-order valence-corrected chi connectivity index (χ1v) is 10.8. The van der Waals surface area contributed by atoms with Gasteiger partial charge in [-0.05, 0) is 89.9 Å². The Balaban J connectivity index is 1.53. The third-order valence-corrected chi connectivity index (χ3v) is 6.40. The first-order chi connectivity index (χ1) is 13.6. The molecule has 1 heterocycles. The number of ether oxygens (including phenoxy) is 1. The van der Waals surface area contributed by atoms with Crippen LogP contribution in [0.1, 0.15) is 58.1 Å². The van der Waals surface area contributed by atoms with Gasteiger partial charge in [0.05, 0.1) is 0 Å². The number of hydrogen-bond donors (Lipinski definition) is 3. The van der Waals surface area contributed by atoms with Gasteiger partial charge in [0.15, 0.2) is 0 Å². The summed E-state index contributed by atoms with van der Waals surface area (Å²) in [5.41, 5.74) is 2.22. The number of likely N-dealkylation sites (tertiary alicyclic amines) is 1. The molecule has 0 aromatic heterocycles. The second kappa shape index (κ2) is 8.52. The average Bonchev–Trinajstić information content (AvgIpc) is 2.62. The van der Waals surface area contributed by atoms with E-state index in [-0.39, 0.29) is 11.5 Å². The molecule has 162 valence electrons. The molecule has 1 amide bonds. The van der Waals surface area contributed by atoms with E-state index in [0.717, 1.165) is 38.8 Å². The van der Waals surface area contributed by atoms with Gasteiger partial charge in [0.25, 0.3) is 0 Å². The second-order valence-corrected chi connectivity index (χ2v) is 9.83. The van der Waals surface area contributed by atoms with Crippen LogP contribution < -0.4 is 10.6 Å². The molecule has 1 aromatic carbocycles. The zero-order valence-corrected chi connectivity index (χ0v) is 18.5. The van der Waals surface area contributed by atoms with Crippen LogP contribution in [0.2, 0.25) is 0 Å². The Bertz CT molecular complexity index is 731. The Morgan fingerprint density at radius 2 is 2.03 bits per heavy atom. The first kappa shape index (κ1) is 21.9. The fraction of sp³-hybridized carbons (Fsp3) is 0.696. The molecule has 6 nitrogen and oxygen atoms in total. The number of benzene rings is 1. The first-order valence-electron chi connectivity index (χ1n) is 10.8. The van der Waals surface area contributed by atoms with Crippen LogP contribution in [-0.4, -0.2) is 60.5 Å². The number of unbranched alkanes of at least 4 members (excludes halogenated alkanes) is 1. The van der Waals surface area contributed by atoms with Gasteiger partial charge in [-0.25, -0.2) is 4.79 Å². The van der Waals surface area contributed by atoms with Gasteiger partial charge in [0.2, 0.25) is 0 Å². The van der Waals surface area contributed by atoms with E-state index >= 15 is 0 Å². The Labute approximate surface area is 175 Å². The highest BCUT2D eigenvalue weighted by Gasteiger charge is 2.49. The van der Waals surface area contributed by atoms with E-state index in [4.69, 9.17) is 4.74 Å². The average molecular weight is 404 g/mol. The van der Waals surface area contributed by atoms with Gasteiger partial charge in [-0.15, -0.1) is 0 Å². The Kier molecular flexibility index (Phi) is 6.44. The molecule has 2 bridgehead atoms. The molecule has 3 atom stereocenters. The van der Waals surface area contributed by atoms with Crippen molar-refractivity contribution in [1.29, 1.82) is 0 Å². The van der Waals surface area contributed by atoms with Gasteiger partial charge < -0.3 is 25.4 Å². The van der Waals surface area contributed by atoms with Crippen molar-refractivity contribution in [2.24, 2.45) is 0 Å². The molecule has 1 aliphatic carbocycles. The van der Waals surface area contributed by atoms with Crippen molar-refractivity contribution in [1.82, 2.24) is 15.5 Å². The van der Waals surface area contributed by atoms with Crippen molar-refractivity contribution < 1.29 is 14.6 Å². The van der Waals surface area contributed by atoms with Crippen molar-refractivity contribution in [2.45, 2.75) is 76.5 Å². The summed E-state index contributed by atoms with van der Waals surface area (Å²) in [4.78, 5) is 14.2. The molecule has 3 N–H and O–H groups in total. The molecule has 0 saturated carbocycles. The summed E-state index contributed by atoms with van der Waals surface area (Å²) in [6.45, 7) is 10.6. The van der Waals surface area contributed by atoms with Crippen LogP contribution in [0.5, 0.6) is 5.75 Å². The van der Waals surface area contributed by atoms with Gasteiger partial charge >= 0.3 is 6.09 Å². The predicted molar refractivity (Wildman–Crippen MR) is 115 cm³/mol. The molecule has 1 fully saturated rings. The summed E-state index contributed by atoms with van der Waals surface area (Å²) in [7, 11) is 2.22. The van der Waals surface area contributed by atoms with E-state index < -0.39 is 5.60 Å². The molecule has 1 aliphatic heterocycles. The molecule has 2 aliphatic rings. The summed E-state index contributed by atoms with van der Waals surface area (Å²) in [5, 5.41) is 16.7. The molecule has 1 saturated heterocycles. The molecule has 29 heavy (non-hydrogen) atoms.